The zero-order valence-corrected chi connectivity index (χ0v) is 15.7. The Morgan fingerprint density at radius 1 is 1.00 bits per heavy atom. The molecule has 0 aliphatic heterocycles. The number of benzene rings is 3. The molecule has 1 amide bonds. The van der Waals surface area contributed by atoms with Gasteiger partial charge in [-0.25, -0.2) is 4.98 Å². The van der Waals surface area contributed by atoms with Crippen LogP contribution in [0, 0.1) is 13.8 Å². The lowest BCUT2D eigenvalue weighted by atomic mass is 10.1. The highest BCUT2D eigenvalue weighted by molar-refractivity contribution is 5.94. The molecule has 1 N–H and O–H groups in total. The molecule has 1 heterocycles. The highest BCUT2D eigenvalue weighted by Crippen LogP contribution is 2.26. The molecule has 5 nitrogen and oxygen atoms in total. The summed E-state index contributed by atoms with van der Waals surface area (Å²) in [5, 5.41) is 2.83. The number of aromatic nitrogens is 1. The van der Waals surface area contributed by atoms with Gasteiger partial charge in [0.15, 0.2) is 12.2 Å². The van der Waals surface area contributed by atoms with Gasteiger partial charge in [0.05, 0.1) is 0 Å². The van der Waals surface area contributed by atoms with Gasteiger partial charge in [-0.05, 0) is 56.3 Å². The lowest BCUT2D eigenvalue weighted by Gasteiger charge is -2.07. The molecule has 0 atom stereocenters. The van der Waals surface area contributed by atoms with Crippen molar-refractivity contribution in [3.63, 3.8) is 0 Å². The summed E-state index contributed by atoms with van der Waals surface area (Å²) in [4.78, 5) is 16.7. The quantitative estimate of drug-likeness (QED) is 0.527. The number of anilines is 1. The Morgan fingerprint density at radius 3 is 2.61 bits per heavy atom. The molecule has 3 aromatic carbocycles. The number of fused-ring (bicyclic) bond motifs is 1. The van der Waals surface area contributed by atoms with E-state index in [4.69, 9.17) is 9.15 Å². The molecule has 0 aliphatic carbocycles. The van der Waals surface area contributed by atoms with Gasteiger partial charge >= 0.3 is 0 Å². The maximum Gasteiger partial charge on any atom is 0.262 e. The Bertz CT molecular complexity index is 1130. The number of oxazole rings is 1. The summed E-state index contributed by atoms with van der Waals surface area (Å²) in [5.41, 5.74) is 5.21. The average Bonchev–Trinajstić information content (AvgIpc) is 3.11. The second kappa shape index (κ2) is 7.56. The topological polar surface area (TPSA) is 64.4 Å². The second-order valence-electron chi connectivity index (χ2n) is 6.72. The van der Waals surface area contributed by atoms with Crippen molar-refractivity contribution < 1.29 is 13.9 Å². The maximum absolute atomic E-state index is 12.2. The molecule has 4 rings (SSSR count). The fraction of sp³-hybridized carbons (Fsp3) is 0.130. The Balaban J connectivity index is 1.45. The number of ether oxygens (including phenoxy) is 1. The molecule has 0 radical (unpaired) electrons. The van der Waals surface area contributed by atoms with E-state index in [1.54, 1.807) is 18.2 Å². The number of amides is 1. The van der Waals surface area contributed by atoms with E-state index in [0.717, 1.165) is 16.7 Å². The van der Waals surface area contributed by atoms with E-state index in [-0.39, 0.29) is 12.5 Å². The SMILES string of the molecule is Cc1ccc(OCC(=O)Nc2ccc3oc(-c4cccc(C)c4)nc3c2)cc1. The van der Waals surface area contributed by atoms with Crippen molar-refractivity contribution in [1.82, 2.24) is 4.98 Å². The lowest BCUT2D eigenvalue weighted by Crippen LogP contribution is -2.20. The van der Waals surface area contributed by atoms with Crippen molar-refractivity contribution in [2.24, 2.45) is 0 Å². The van der Waals surface area contributed by atoms with Gasteiger partial charge in [-0.3, -0.25) is 4.79 Å². The fourth-order valence-electron chi connectivity index (χ4n) is 2.89. The number of hydrogen-bond donors (Lipinski definition) is 1. The maximum atomic E-state index is 12.2. The van der Waals surface area contributed by atoms with Gasteiger partial charge in [-0.2, -0.15) is 0 Å². The smallest absolute Gasteiger partial charge is 0.262 e. The number of rotatable bonds is 5. The molecule has 0 fully saturated rings. The van der Waals surface area contributed by atoms with Crippen molar-refractivity contribution in [2.75, 3.05) is 11.9 Å². The van der Waals surface area contributed by atoms with Crippen molar-refractivity contribution in [1.29, 1.82) is 0 Å². The van der Waals surface area contributed by atoms with E-state index < -0.39 is 0 Å². The predicted octanol–water partition coefficient (Wildman–Crippen LogP) is 5.13. The number of carbonyl (C=O) groups excluding carboxylic acids is 1. The Labute approximate surface area is 163 Å². The number of carbonyl (C=O) groups is 1. The minimum absolute atomic E-state index is 0.0611. The number of nitrogens with one attached hydrogen (secondary N) is 1. The number of nitrogens with zero attached hydrogens (tertiary/aromatic N) is 1. The third kappa shape index (κ3) is 4.04. The Hall–Kier alpha value is -3.60. The largest absolute Gasteiger partial charge is 0.484 e. The van der Waals surface area contributed by atoms with Gasteiger partial charge in [-0.1, -0.05) is 35.4 Å². The summed E-state index contributed by atoms with van der Waals surface area (Å²) < 4.78 is 11.3. The zero-order chi connectivity index (χ0) is 19.5. The van der Waals surface area contributed by atoms with Gasteiger partial charge in [0, 0.05) is 11.3 Å². The molecule has 0 spiro atoms. The first-order valence-corrected chi connectivity index (χ1v) is 9.04. The van der Waals surface area contributed by atoms with Crippen LogP contribution in [-0.2, 0) is 4.79 Å². The second-order valence-corrected chi connectivity index (χ2v) is 6.72. The van der Waals surface area contributed by atoms with Gasteiger partial charge in [0.25, 0.3) is 5.91 Å². The van der Waals surface area contributed by atoms with Crippen LogP contribution in [0.15, 0.2) is 71.1 Å². The summed E-state index contributed by atoms with van der Waals surface area (Å²) in [7, 11) is 0. The summed E-state index contributed by atoms with van der Waals surface area (Å²) in [6, 6.07) is 20.9. The van der Waals surface area contributed by atoms with Crippen molar-refractivity contribution in [3.05, 3.63) is 77.9 Å². The van der Waals surface area contributed by atoms with Crippen LogP contribution in [0.5, 0.6) is 5.75 Å². The highest BCUT2D eigenvalue weighted by atomic mass is 16.5. The normalized spacial score (nSPS) is 10.8. The van der Waals surface area contributed by atoms with Gasteiger partial charge in [-0.15, -0.1) is 0 Å². The first-order chi connectivity index (χ1) is 13.6. The first kappa shape index (κ1) is 17.8. The minimum Gasteiger partial charge on any atom is -0.484 e. The molecule has 5 heteroatoms. The standard InChI is InChI=1S/C23H20N2O3/c1-15-6-9-19(10-7-15)27-14-22(26)24-18-8-11-21-20(13-18)25-23(28-21)17-5-3-4-16(2)12-17/h3-13H,14H2,1-2H3,(H,24,26). The Kier molecular flexibility index (Phi) is 4.81. The molecule has 0 unspecified atom stereocenters. The highest BCUT2D eigenvalue weighted by Gasteiger charge is 2.10. The van der Waals surface area contributed by atoms with Crippen LogP contribution in [0.3, 0.4) is 0 Å². The van der Waals surface area contributed by atoms with E-state index in [0.29, 0.717) is 28.4 Å². The van der Waals surface area contributed by atoms with Crippen LogP contribution in [0.1, 0.15) is 11.1 Å². The summed E-state index contributed by atoms with van der Waals surface area (Å²) in [6.07, 6.45) is 0. The van der Waals surface area contributed by atoms with Crippen LogP contribution < -0.4 is 10.1 Å². The van der Waals surface area contributed by atoms with Crippen molar-refractivity contribution >= 4 is 22.7 Å². The average molecular weight is 372 g/mol. The summed E-state index contributed by atoms with van der Waals surface area (Å²) in [6.45, 7) is 3.97. The van der Waals surface area contributed by atoms with Crippen molar-refractivity contribution in [3.8, 4) is 17.2 Å². The molecule has 0 bridgehead atoms. The van der Waals surface area contributed by atoms with E-state index in [9.17, 15) is 4.79 Å². The van der Waals surface area contributed by atoms with Gasteiger partial charge < -0.3 is 14.5 Å². The Morgan fingerprint density at radius 2 is 1.82 bits per heavy atom. The van der Waals surface area contributed by atoms with E-state index in [1.165, 1.54) is 0 Å². The fourth-order valence-corrected chi connectivity index (χ4v) is 2.89. The van der Waals surface area contributed by atoms with Crippen LogP contribution in [0.4, 0.5) is 5.69 Å². The van der Waals surface area contributed by atoms with E-state index in [1.807, 2.05) is 62.4 Å². The molecule has 0 saturated carbocycles. The van der Waals surface area contributed by atoms with E-state index in [2.05, 4.69) is 10.3 Å². The van der Waals surface area contributed by atoms with Crippen molar-refractivity contribution in [2.45, 2.75) is 13.8 Å². The monoisotopic (exact) mass is 372 g/mol. The van der Waals surface area contributed by atoms with E-state index >= 15 is 0 Å². The van der Waals surface area contributed by atoms with Gasteiger partial charge in [0.2, 0.25) is 5.89 Å². The van der Waals surface area contributed by atoms with Crippen LogP contribution in [-0.4, -0.2) is 17.5 Å². The summed E-state index contributed by atoms with van der Waals surface area (Å²) >= 11 is 0. The molecule has 1 aromatic heterocycles. The summed E-state index contributed by atoms with van der Waals surface area (Å²) in [5.74, 6) is 0.989. The lowest BCUT2D eigenvalue weighted by molar-refractivity contribution is -0.118. The molecule has 28 heavy (non-hydrogen) atoms. The molecule has 0 aliphatic rings. The molecular weight excluding hydrogens is 352 g/mol. The van der Waals surface area contributed by atoms with Gasteiger partial charge in [0.1, 0.15) is 11.3 Å². The number of aryl methyl sites for hydroxylation is 2. The minimum atomic E-state index is -0.234. The predicted molar refractivity (Wildman–Crippen MR) is 109 cm³/mol. The molecule has 0 saturated heterocycles. The van der Waals surface area contributed by atoms with Crippen LogP contribution in [0.25, 0.3) is 22.6 Å². The first-order valence-electron chi connectivity index (χ1n) is 9.04. The number of hydrogen-bond acceptors (Lipinski definition) is 4. The zero-order valence-electron chi connectivity index (χ0n) is 15.7. The van der Waals surface area contributed by atoms with Crippen LogP contribution >= 0.6 is 0 Å². The van der Waals surface area contributed by atoms with Crippen LogP contribution in [0.2, 0.25) is 0 Å². The third-order valence-corrected chi connectivity index (χ3v) is 4.33. The molecular formula is C23H20N2O3. The molecule has 4 aromatic rings. The third-order valence-electron chi connectivity index (χ3n) is 4.33. The molecule has 140 valence electrons.